The summed E-state index contributed by atoms with van der Waals surface area (Å²) in [5.41, 5.74) is 5.16. The van der Waals surface area contributed by atoms with Crippen LogP contribution < -0.4 is 5.32 Å². The van der Waals surface area contributed by atoms with Gasteiger partial charge >= 0.3 is 0 Å². The van der Waals surface area contributed by atoms with Crippen LogP contribution in [-0.4, -0.2) is 59.9 Å². The van der Waals surface area contributed by atoms with E-state index in [2.05, 4.69) is 37.0 Å². The van der Waals surface area contributed by atoms with Crippen LogP contribution in [-0.2, 0) is 9.59 Å². The van der Waals surface area contributed by atoms with E-state index < -0.39 is 0 Å². The zero-order valence-corrected chi connectivity index (χ0v) is 22.3. The summed E-state index contributed by atoms with van der Waals surface area (Å²) < 4.78 is 0. The number of nitrogens with one attached hydrogen (secondary N) is 3. The van der Waals surface area contributed by atoms with Gasteiger partial charge in [-0.3, -0.25) is 19.7 Å². The number of hydrogen-bond acceptors (Lipinski definition) is 6. The molecule has 196 valence electrons. The van der Waals surface area contributed by atoms with Crippen LogP contribution in [0.3, 0.4) is 0 Å². The fourth-order valence-corrected chi connectivity index (χ4v) is 4.08. The smallest absolute Gasteiger partial charge is 0.256 e. The summed E-state index contributed by atoms with van der Waals surface area (Å²) in [7, 11) is 0. The van der Waals surface area contributed by atoms with Gasteiger partial charge in [0.15, 0.2) is 11.5 Å². The van der Waals surface area contributed by atoms with Crippen LogP contribution in [0.25, 0.3) is 39.3 Å². The van der Waals surface area contributed by atoms with E-state index in [4.69, 9.17) is 4.98 Å². The number of imidazole rings is 1. The third-order valence-electron chi connectivity index (χ3n) is 6.22. The van der Waals surface area contributed by atoms with E-state index in [0.29, 0.717) is 47.2 Å². The van der Waals surface area contributed by atoms with Crippen LogP contribution >= 0.6 is 0 Å². The van der Waals surface area contributed by atoms with Crippen LogP contribution in [0, 0.1) is 12.8 Å². The number of amides is 2. The molecule has 0 radical (unpaired) electrons. The molecule has 0 saturated heterocycles. The number of H-pyrrole nitrogens is 2. The standard InChI is InChI=1S/C28H32N8O2/c1-7-10-21(28(38)36(8-2)9-3)23-17(6)31-26(33-23)24-22-12-19(14-30-25(22)35-34-24)18-11-20(15-29-13-18)32-27(37)16(4)5/h7,10-16H,1,8-9H2,2-6H3,(H,31,33)(H,32,37)(H,30,34,35)/b21-10+. The Morgan fingerprint density at radius 3 is 2.55 bits per heavy atom. The molecule has 0 aliphatic heterocycles. The van der Waals surface area contributed by atoms with Gasteiger partial charge in [0, 0.05) is 48.2 Å². The molecule has 0 aliphatic rings. The largest absolute Gasteiger partial charge is 0.340 e. The van der Waals surface area contributed by atoms with E-state index in [1.807, 2.05) is 46.8 Å². The number of hydrogen-bond donors (Lipinski definition) is 3. The quantitative estimate of drug-likeness (QED) is 0.219. The zero-order valence-electron chi connectivity index (χ0n) is 22.3. The first-order chi connectivity index (χ1) is 18.3. The lowest BCUT2D eigenvalue weighted by atomic mass is 10.1. The van der Waals surface area contributed by atoms with E-state index in [1.54, 1.807) is 35.6 Å². The highest BCUT2D eigenvalue weighted by Crippen LogP contribution is 2.30. The van der Waals surface area contributed by atoms with Gasteiger partial charge in [-0.2, -0.15) is 5.10 Å². The number of anilines is 1. The number of nitrogens with zero attached hydrogens (tertiary/aromatic N) is 5. The monoisotopic (exact) mass is 512 g/mol. The molecule has 2 amide bonds. The van der Waals surface area contributed by atoms with Gasteiger partial charge in [-0.05, 0) is 39.0 Å². The first-order valence-corrected chi connectivity index (χ1v) is 12.6. The first kappa shape index (κ1) is 26.5. The molecule has 0 saturated carbocycles. The summed E-state index contributed by atoms with van der Waals surface area (Å²) >= 11 is 0. The molecule has 4 aromatic heterocycles. The number of likely N-dealkylation sites (N-methyl/N-ethyl adjacent to an activating group) is 1. The molecule has 10 heteroatoms. The van der Waals surface area contributed by atoms with Gasteiger partial charge in [0.05, 0.1) is 28.5 Å². The molecule has 10 nitrogen and oxygen atoms in total. The number of pyridine rings is 2. The molecule has 0 fully saturated rings. The maximum absolute atomic E-state index is 13.2. The molecule has 4 heterocycles. The van der Waals surface area contributed by atoms with Gasteiger partial charge in [0.2, 0.25) is 5.91 Å². The van der Waals surface area contributed by atoms with Crippen LogP contribution in [0.2, 0.25) is 0 Å². The van der Waals surface area contributed by atoms with E-state index in [0.717, 1.165) is 22.2 Å². The lowest BCUT2D eigenvalue weighted by Crippen LogP contribution is -2.31. The van der Waals surface area contributed by atoms with Gasteiger partial charge in [-0.15, -0.1) is 0 Å². The first-order valence-electron chi connectivity index (χ1n) is 12.6. The summed E-state index contributed by atoms with van der Waals surface area (Å²) in [6.45, 7) is 14.4. The van der Waals surface area contributed by atoms with Crippen molar-refractivity contribution in [2.75, 3.05) is 18.4 Å². The Morgan fingerprint density at radius 1 is 1.13 bits per heavy atom. The third-order valence-corrected chi connectivity index (χ3v) is 6.22. The van der Waals surface area contributed by atoms with Gasteiger partial charge < -0.3 is 15.2 Å². The fraction of sp³-hybridized carbons (Fsp3) is 0.286. The van der Waals surface area contributed by atoms with Gasteiger partial charge in [-0.25, -0.2) is 9.97 Å². The Bertz CT molecular complexity index is 1520. The number of aromatic nitrogens is 6. The molecule has 4 rings (SSSR count). The van der Waals surface area contributed by atoms with Gasteiger partial charge in [0.25, 0.3) is 5.91 Å². The predicted molar refractivity (Wildman–Crippen MR) is 149 cm³/mol. The minimum absolute atomic E-state index is 0.0806. The molecule has 3 N–H and O–H groups in total. The van der Waals surface area contributed by atoms with Gasteiger partial charge in [0.1, 0.15) is 5.69 Å². The third kappa shape index (κ3) is 5.24. The second-order valence-electron chi connectivity index (χ2n) is 9.15. The highest BCUT2D eigenvalue weighted by atomic mass is 16.2. The predicted octanol–water partition coefficient (Wildman–Crippen LogP) is 4.75. The van der Waals surface area contributed by atoms with Crippen molar-refractivity contribution in [1.29, 1.82) is 0 Å². The molecule has 0 spiro atoms. The number of fused-ring (bicyclic) bond motifs is 1. The van der Waals surface area contributed by atoms with Crippen molar-refractivity contribution in [3.8, 4) is 22.6 Å². The van der Waals surface area contributed by atoms with Crippen molar-refractivity contribution in [2.45, 2.75) is 34.6 Å². The van der Waals surface area contributed by atoms with Crippen LogP contribution in [0.15, 0.2) is 49.5 Å². The van der Waals surface area contributed by atoms with Crippen molar-refractivity contribution in [1.82, 2.24) is 35.0 Å². The minimum Gasteiger partial charge on any atom is -0.340 e. The molecule has 0 bridgehead atoms. The summed E-state index contributed by atoms with van der Waals surface area (Å²) in [5.74, 6) is 0.211. The summed E-state index contributed by atoms with van der Waals surface area (Å²) in [4.78, 5) is 43.9. The van der Waals surface area contributed by atoms with E-state index in [1.165, 1.54) is 0 Å². The molecular weight excluding hydrogens is 480 g/mol. The summed E-state index contributed by atoms with van der Waals surface area (Å²) in [5, 5.41) is 11.0. The molecule has 38 heavy (non-hydrogen) atoms. The second kappa shape index (κ2) is 11.2. The Labute approximate surface area is 221 Å². The highest BCUT2D eigenvalue weighted by molar-refractivity contribution is 6.19. The van der Waals surface area contributed by atoms with E-state index in [9.17, 15) is 9.59 Å². The average Bonchev–Trinajstić information content (AvgIpc) is 3.50. The lowest BCUT2D eigenvalue weighted by Gasteiger charge is -2.19. The lowest BCUT2D eigenvalue weighted by molar-refractivity contribution is -0.124. The van der Waals surface area contributed by atoms with Crippen molar-refractivity contribution in [3.63, 3.8) is 0 Å². The van der Waals surface area contributed by atoms with Crippen LogP contribution in [0.1, 0.15) is 39.1 Å². The van der Waals surface area contributed by atoms with E-state index >= 15 is 0 Å². The fourth-order valence-electron chi connectivity index (χ4n) is 4.08. The highest BCUT2D eigenvalue weighted by Gasteiger charge is 2.23. The molecule has 0 unspecified atom stereocenters. The van der Waals surface area contributed by atoms with Crippen molar-refractivity contribution in [2.24, 2.45) is 5.92 Å². The Kier molecular flexibility index (Phi) is 7.80. The van der Waals surface area contributed by atoms with Crippen molar-refractivity contribution >= 4 is 34.1 Å². The van der Waals surface area contributed by atoms with Crippen molar-refractivity contribution < 1.29 is 9.59 Å². The molecule has 4 aromatic rings. The average molecular weight is 513 g/mol. The Morgan fingerprint density at radius 2 is 1.87 bits per heavy atom. The maximum Gasteiger partial charge on any atom is 0.256 e. The molecule has 0 aliphatic carbocycles. The van der Waals surface area contributed by atoms with Crippen LogP contribution in [0.5, 0.6) is 0 Å². The molecular formula is C28H32N8O2. The normalized spacial score (nSPS) is 11.7. The minimum atomic E-state index is -0.143. The summed E-state index contributed by atoms with van der Waals surface area (Å²) in [6.07, 6.45) is 8.33. The number of allylic oxidation sites excluding steroid dienone is 2. The summed E-state index contributed by atoms with van der Waals surface area (Å²) in [6, 6.07) is 3.81. The Hall–Kier alpha value is -4.60. The SMILES string of the molecule is C=C/C=C(/C(=O)N(CC)CC)c1nc(-c2[nH]nc3ncc(-c4cncc(NC(=O)C(C)C)c4)cc23)[nH]c1C. The van der Waals surface area contributed by atoms with Crippen molar-refractivity contribution in [3.05, 3.63) is 60.8 Å². The van der Waals surface area contributed by atoms with Crippen LogP contribution in [0.4, 0.5) is 5.69 Å². The number of carbonyl (C=O) groups excluding carboxylic acids is 2. The van der Waals surface area contributed by atoms with E-state index in [-0.39, 0.29) is 17.7 Å². The number of aromatic amines is 2. The molecule has 0 atom stereocenters. The Balaban J connectivity index is 1.73. The number of rotatable bonds is 9. The maximum atomic E-state index is 13.2. The topological polar surface area (TPSA) is 133 Å². The number of carbonyl (C=O) groups is 2. The molecule has 0 aromatic carbocycles. The van der Waals surface area contributed by atoms with Gasteiger partial charge in [-0.1, -0.05) is 26.5 Å². The zero-order chi connectivity index (χ0) is 27.4. The number of aryl methyl sites for hydroxylation is 1. The second-order valence-corrected chi connectivity index (χ2v) is 9.15.